The third-order valence-electron chi connectivity index (χ3n) is 11.9. The normalized spacial score (nSPS) is 19.8. The molecule has 31 heteroatoms. The Morgan fingerprint density at radius 2 is 0.868 bits per heavy atom. The molecule has 0 aliphatic carbocycles. The van der Waals surface area contributed by atoms with E-state index in [4.69, 9.17) is 68.3 Å². The largest absolute Gasteiger partial charge is 0.460 e. The van der Waals surface area contributed by atoms with Crippen molar-refractivity contribution in [2.24, 2.45) is 0 Å². The minimum absolute atomic E-state index is 0.197. The summed E-state index contributed by atoms with van der Waals surface area (Å²) in [7, 11) is -4.65. The molecule has 0 unspecified atom stereocenters. The Morgan fingerprint density at radius 1 is 0.526 bits per heavy atom. The van der Waals surface area contributed by atoms with Crippen molar-refractivity contribution in [1.29, 1.82) is 5.41 Å². The van der Waals surface area contributed by atoms with Gasteiger partial charge in [0.05, 0.1) is 23.3 Å². The second-order valence-electron chi connectivity index (χ2n) is 17.4. The van der Waals surface area contributed by atoms with Gasteiger partial charge in [-0.2, -0.15) is 74.6 Å². The van der Waals surface area contributed by atoms with Crippen LogP contribution in [0, 0.1) is 5.41 Å². The molecule has 1 fully saturated rings. The molecule has 76 heavy (non-hydrogen) atoms. The molecule has 4 rings (SSSR count). The van der Waals surface area contributed by atoms with Crippen LogP contribution in [0.1, 0.15) is 65.2 Å². The maximum absolute atomic E-state index is 15.6. The molecule has 0 bridgehead atoms. The second-order valence-corrected chi connectivity index (χ2v) is 24.7. The van der Waals surface area contributed by atoms with E-state index in [0.717, 1.165) is 27.7 Å². The van der Waals surface area contributed by atoms with Gasteiger partial charge in [-0.25, -0.2) is 14.4 Å². The lowest BCUT2D eigenvalue weighted by Crippen LogP contribution is -2.74. The Labute approximate surface area is 435 Å². The number of benzene rings is 3. The molecule has 1 aliphatic rings. The van der Waals surface area contributed by atoms with Gasteiger partial charge in [0, 0.05) is 6.42 Å². The van der Waals surface area contributed by atoms with Gasteiger partial charge in [-0.15, -0.1) is 0 Å². The summed E-state index contributed by atoms with van der Waals surface area (Å²) >= 11 is 17.6. The number of rotatable bonds is 21. The van der Waals surface area contributed by atoms with Crippen molar-refractivity contribution in [3.8, 4) is 0 Å². The molecule has 1 aliphatic heterocycles. The zero-order valence-corrected chi connectivity index (χ0v) is 42.3. The maximum Gasteiger partial charge on any atom is 0.460 e. The molecule has 0 spiro atoms. The summed E-state index contributed by atoms with van der Waals surface area (Å²) in [5.74, 6) is -63.0. The molecule has 3 aromatic carbocycles. The number of hydrogen-bond acceptors (Lipinski definition) is 10. The lowest BCUT2D eigenvalue weighted by atomic mass is 9.88. The Hall–Kier alpha value is -4.64. The van der Waals surface area contributed by atoms with Gasteiger partial charge >= 0.3 is 65.5 Å². The summed E-state index contributed by atoms with van der Waals surface area (Å²) in [4.78, 5) is 41.5. The molecule has 1 N–H and O–H groups in total. The quantitative estimate of drug-likeness (QED) is 0.0211. The zero-order valence-electron chi connectivity index (χ0n) is 39.1. The first-order valence-corrected chi connectivity index (χ1v) is 25.1. The van der Waals surface area contributed by atoms with Crippen LogP contribution in [0.25, 0.3) is 0 Å². The predicted molar refractivity (Wildman–Crippen MR) is 237 cm³/mol. The SMILES string of the molecule is CC(C)[Si](CCC(F)(F)C(F)(F)C(F)(F)C(F)(F)C(F)(F)C(F)(F)C(F)(F)C(F)(F)F)(OC[C@H]1O[C@H](OC(=N)C(Cl)(Cl)Cl)[C@H](OC(=O)c2ccccc2)[C@@H](OC(=O)c2ccccc2)[C@@H]1OC(=O)c1ccccc1)C(C)C. The van der Waals surface area contributed by atoms with E-state index in [0.29, 0.717) is 0 Å². The molecular weight excluding hydrogens is 1160 g/mol. The Morgan fingerprint density at radius 3 is 1.22 bits per heavy atom. The van der Waals surface area contributed by atoms with Crippen LogP contribution in [0.15, 0.2) is 91.0 Å². The highest BCUT2D eigenvalue weighted by atomic mass is 35.6. The van der Waals surface area contributed by atoms with Crippen molar-refractivity contribution in [1.82, 2.24) is 0 Å². The molecule has 0 amide bonds. The monoisotopic (exact) mass is 1200 g/mol. The Bertz CT molecular complexity index is 2490. The molecule has 424 valence electrons. The lowest BCUT2D eigenvalue weighted by Gasteiger charge is -2.46. The van der Waals surface area contributed by atoms with Crippen molar-refractivity contribution in [3.05, 3.63) is 108 Å². The van der Waals surface area contributed by atoms with E-state index in [2.05, 4.69) is 0 Å². The van der Waals surface area contributed by atoms with Crippen LogP contribution in [0.3, 0.4) is 0 Å². The third kappa shape index (κ3) is 12.4. The Kier molecular flexibility index (Phi) is 19.3. The van der Waals surface area contributed by atoms with Crippen LogP contribution in [0.4, 0.5) is 74.6 Å². The molecular formula is C45H41Cl3F17NO9Si. The van der Waals surface area contributed by atoms with E-state index < -0.39 is 144 Å². The average molecular weight is 1200 g/mol. The summed E-state index contributed by atoms with van der Waals surface area (Å²) in [5.41, 5.74) is -3.14. The van der Waals surface area contributed by atoms with Gasteiger partial charge in [0.2, 0.25) is 18.3 Å². The summed E-state index contributed by atoms with van der Waals surface area (Å²) in [5, 5.41) is 8.33. The smallest absolute Gasteiger partial charge is 0.452 e. The van der Waals surface area contributed by atoms with Crippen molar-refractivity contribution >= 4 is 66.9 Å². The minimum Gasteiger partial charge on any atom is -0.452 e. The average Bonchev–Trinajstić information content (AvgIpc) is 3.32. The van der Waals surface area contributed by atoms with Crippen LogP contribution in [0.2, 0.25) is 17.1 Å². The highest BCUT2D eigenvalue weighted by Gasteiger charge is 2.95. The van der Waals surface area contributed by atoms with E-state index in [1.54, 1.807) is 0 Å². The zero-order chi connectivity index (χ0) is 58.1. The van der Waals surface area contributed by atoms with Crippen LogP contribution < -0.4 is 0 Å². The summed E-state index contributed by atoms with van der Waals surface area (Å²) in [6.45, 7) is 3.39. The first-order chi connectivity index (χ1) is 34.6. The fourth-order valence-corrected chi connectivity index (χ4v) is 12.2. The molecule has 10 nitrogen and oxygen atoms in total. The van der Waals surface area contributed by atoms with Crippen molar-refractivity contribution in [3.63, 3.8) is 0 Å². The number of halogens is 20. The molecule has 0 radical (unpaired) electrons. The van der Waals surface area contributed by atoms with Gasteiger partial charge in [-0.3, -0.25) is 5.41 Å². The van der Waals surface area contributed by atoms with Gasteiger partial charge in [-0.1, -0.05) is 117 Å². The lowest BCUT2D eigenvalue weighted by molar-refractivity contribution is -0.461. The van der Waals surface area contributed by atoms with Gasteiger partial charge in [0.25, 0.3) is 3.79 Å². The standard InChI is InChI=1S/C45H41Cl3F17NO9Si/c1-23(2)76(24(3)4,21-20-37(49,50)39(51,52)40(53,54)41(55,56)42(57,58)43(59,60)44(61,62)45(63,64)65)70-22-28-29(72-32(67)25-14-8-5-9-15-25)30(73-33(68)26-16-10-6-11-17-26)31(35(71-28)75-36(66)38(46,47)48)74-34(69)27-18-12-7-13-19-27/h5-19,23-24,28-31,35,66H,20-22H2,1-4H3/t28-,29-,30+,31-,35-/m1/s1. The van der Waals surface area contributed by atoms with Gasteiger partial charge in [0.15, 0.2) is 20.5 Å². The number of carbonyl (C=O) groups is 3. The van der Waals surface area contributed by atoms with Crippen LogP contribution >= 0.6 is 34.8 Å². The highest BCUT2D eigenvalue weighted by Crippen LogP contribution is 2.64. The molecule has 1 saturated heterocycles. The maximum atomic E-state index is 15.6. The molecule has 3 aromatic rings. The molecule has 0 aromatic heterocycles. The van der Waals surface area contributed by atoms with E-state index in [9.17, 15) is 71.5 Å². The predicted octanol–water partition coefficient (Wildman–Crippen LogP) is 13.9. The van der Waals surface area contributed by atoms with Gasteiger partial charge < -0.3 is 28.1 Å². The fraction of sp³-hybridized carbons (Fsp3) is 0.511. The van der Waals surface area contributed by atoms with E-state index in [-0.39, 0.29) is 16.7 Å². The first kappa shape index (κ1) is 63.9. The number of ether oxygens (including phenoxy) is 5. The molecule has 5 atom stereocenters. The summed E-state index contributed by atoms with van der Waals surface area (Å²) in [6, 6.07) is 18.3. The summed E-state index contributed by atoms with van der Waals surface area (Å²) in [6.07, 6.45) is -21.8. The fourth-order valence-electron chi connectivity index (χ4n) is 7.58. The third-order valence-corrected chi connectivity index (χ3v) is 18.1. The number of nitrogens with one attached hydrogen (secondary N) is 1. The van der Waals surface area contributed by atoms with E-state index >= 15 is 17.6 Å². The van der Waals surface area contributed by atoms with Gasteiger partial charge in [-0.05, 0) is 53.5 Å². The topological polar surface area (TPSA) is 130 Å². The van der Waals surface area contributed by atoms with Crippen molar-refractivity contribution in [2.45, 2.75) is 133 Å². The highest BCUT2D eigenvalue weighted by molar-refractivity contribution is 6.76. The van der Waals surface area contributed by atoms with Gasteiger partial charge in [0.1, 0.15) is 6.10 Å². The first-order valence-electron chi connectivity index (χ1n) is 21.7. The van der Waals surface area contributed by atoms with Crippen LogP contribution in [-0.4, -0.2) is 121 Å². The second kappa shape index (κ2) is 23.0. The molecule has 0 saturated carbocycles. The van der Waals surface area contributed by atoms with Crippen molar-refractivity contribution in [2.75, 3.05) is 6.61 Å². The number of carbonyl (C=O) groups excluding carboxylic acids is 3. The summed E-state index contributed by atoms with van der Waals surface area (Å²) < 4.78 is 274. The number of alkyl halides is 20. The van der Waals surface area contributed by atoms with E-state index in [1.807, 2.05) is 0 Å². The van der Waals surface area contributed by atoms with E-state index in [1.165, 1.54) is 91.0 Å². The van der Waals surface area contributed by atoms with Crippen molar-refractivity contribution < 1.29 is 117 Å². The number of esters is 3. The number of hydrogen-bond donors (Lipinski definition) is 1. The van der Waals surface area contributed by atoms with Crippen LogP contribution in [0.5, 0.6) is 0 Å². The Balaban J connectivity index is 1.86. The van der Waals surface area contributed by atoms with Crippen LogP contribution in [-0.2, 0) is 28.1 Å². The minimum atomic E-state index is -8.83. The molecule has 1 heterocycles.